The van der Waals surface area contributed by atoms with Crippen LogP contribution >= 0.6 is 0 Å². The summed E-state index contributed by atoms with van der Waals surface area (Å²) in [7, 11) is 1.59. The Labute approximate surface area is 136 Å². The van der Waals surface area contributed by atoms with Gasteiger partial charge in [-0.25, -0.2) is 5.43 Å². The van der Waals surface area contributed by atoms with Gasteiger partial charge >= 0.3 is 5.97 Å². The molecule has 0 radical (unpaired) electrons. The van der Waals surface area contributed by atoms with Gasteiger partial charge in [0, 0.05) is 11.4 Å². The molecule has 0 unspecified atom stereocenters. The predicted octanol–water partition coefficient (Wildman–Crippen LogP) is 1.80. The van der Waals surface area contributed by atoms with Gasteiger partial charge in [-0.05, 0) is 45.0 Å². The summed E-state index contributed by atoms with van der Waals surface area (Å²) in [6, 6.07) is 7.21. The van der Waals surface area contributed by atoms with Crippen LogP contribution in [0.3, 0.4) is 0 Å². The van der Waals surface area contributed by atoms with Crippen LogP contribution in [-0.4, -0.2) is 37.8 Å². The van der Waals surface area contributed by atoms with Crippen molar-refractivity contribution in [2.24, 2.45) is 11.0 Å². The lowest BCUT2D eigenvalue weighted by molar-refractivity contribution is -0.145. The van der Waals surface area contributed by atoms with Crippen LogP contribution in [0.15, 0.2) is 29.4 Å². The Morgan fingerprint density at radius 1 is 1.26 bits per heavy atom. The second-order valence-electron chi connectivity index (χ2n) is 4.84. The summed E-state index contributed by atoms with van der Waals surface area (Å²) in [6.45, 7) is 5.46. The fourth-order valence-electron chi connectivity index (χ4n) is 1.62. The quantitative estimate of drug-likeness (QED) is 0.433. The normalized spacial score (nSPS) is 12.3. The summed E-state index contributed by atoms with van der Waals surface area (Å²) < 4.78 is 9.96. The van der Waals surface area contributed by atoms with Crippen molar-refractivity contribution in [1.82, 2.24) is 5.43 Å². The number of amides is 1. The Kier molecular flexibility index (Phi) is 7.59. The molecule has 1 rings (SSSR count). The van der Waals surface area contributed by atoms with Crippen molar-refractivity contribution in [3.05, 3.63) is 24.3 Å². The first-order valence-electron chi connectivity index (χ1n) is 7.35. The number of carbonyl (C=O) groups is 2. The summed E-state index contributed by atoms with van der Waals surface area (Å²) in [4.78, 5) is 23.3. The second-order valence-corrected chi connectivity index (χ2v) is 4.84. The number of anilines is 1. The number of hydrazone groups is 1. The molecular weight excluding hydrogens is 298 g/mol. The van der Waals surface area contributed by atoms with Gasteiger partial charge in [0.1, 0.15) is 5.75 Å². The van der Waals surface area contributed by atoms with E-state index >= 15 is 0 Å². The highest BCUT2D eigenvalue weighted by Gasteiger charge is 2.17. The van der Waals surface area contributed by atoms with E-state index < -0.39 is 5.92 Å². The van der Waals surface area contributed by atoms with Crippen LogP contribution in [0.4, 0.5) is 5.69 Å². The number of nitrogens with zero attached hydrogens (tertiary/aromatic N) is 1. The van der Waals surface area contributed by atoms with Crippen molar-refractivity contribution in [3.63, 3.8) is 0 Å². The van der Waals surface area contributed by atoms with Gasteiger partial charge in [-0.2, -0.15) is 5.10 Å². The van der Waals surface area contributed by atoms with E-state index in [0.717, 1.165) is 11.4 Å². The molecule has 0 saturated carbocycles. The summed E-state index contributed by atoms with van der Waals surface area (Å²) in [5.41, 5.74) is 3.69. The van der Waals surface area contributed by atoms with Gasteiger partial charge in [0.2, 0.25) is 0 Å². The molecule has 1 atom stereocenters. The van der Waals surface area contributed by atoms with E-state index in [-0.39, 0.29) is 18.4 Å². The van der Waals surface area contributed by atoms with E-state index in [2.05, 4.69) is 15.8 Å². The molecule has 0 aliphatic carbocycles. The van der Waals surface area contributed by atoms with E-state index in [9.17, 15) is 9.59 Å². The molecule has 7 heteroatoms. The molecule has 2 N–H and O–H groups in total. The molecule has 23 heavy (non-hydrogen) atoms. The molecular formula is C16H23N3O4. The lowest BCUT2D eigenvalue weighted by atomic mass is 10.1. The van der Waals surface area contributed by atoms with Crippen LogP contribution in [0, 0.1) is 5.92 Å². The molecule has 1 aromatic rings. The molecule has 0 aliphatic rings. The number of benzene rings is 1. The van der Waals surface area contributed by atoms with Gasteiger partial charge in [0.05, 0.1) is 26.2 Å². The Hall–Kier alpha value is -2.57. The first-order valence-corrected chi connectivity index (χ1v) is 7.35. The summed E-state index contributed by atoms with van der Waals surface area (Å²) in [5.74, 6) is -0.423. The Morgan fingerprint density at radius 3 is 2.48 bits per heavy atom. The molecule has 1 aromatic carbocycles. The highest BCUT2D eigenvalue weighted by molar-refractivity contribution is 6.00. The molecule has 0 heterocycles. The van der Waals surface area contributed by atoms with Crippen molar-refractivity contribution in [2.75, 3.05) is 25.6 Å². The Balaban J connectivity index is 2.43. The predicted molar refractivity (Wildman–Crippen MR) is 88.5 cm³/mol. The van der Waals surface area contributed by atoms with Crippen molar-refractivity contribution in [2.45, 2.75) is 20.8 Å². The summed E-state index contributed by atoms with van der Waals surface area (Å²) >= 11 is 0. The molecule has 0 bridgehead atoms. The maximum Gasteiger partial charge on any atom is 0.314 e. The third-order valence-corrected chi connectivity index (χ3v) is 3.17. The lowest BCUT2D eigenvalue weighted by Gasteiger charge is -2.10. The Bertz CT molecular complexity index is 555. The van der Waals surface area contributed by atoms with E-state index in [1.54, 1.807) is 40.0 Å². The highest BCUT2D eigenvalue weighted by atomic mass is 16.5. The minimum Gasteiger partial charge on any atom is -0.497 e. The number of carbonyl (C=O) groups excluding carboxylic acids is 2. The van der Waals surface area contributed by atoms with Crippen molar-refractivity contribution >= 4 is 23.3 Å². The van der Waals surface area contributed by atoms with Gasteiger partial charge in [0.25, 0.3) is 5.91 Å². The molecule has 0 saturated heterocycles. The van der Waals surface area contributed by atoms with Gasteiger partial charge in [-0.1, -0.05) is 0 Å². The number of methoxy groups -OCH3 is 1. The zero-order valence-electron chi connectivity index (χ0n) is 13.9. The van der Waals surface area contributed by atoms with E-state index in [4.69, 9.17) is 9.47 Å². The number of ether oxygens (including phenoxy) is 2. The van der Waals surface area contributed by atoms with Crippen molar-refractivity contribution in [1.29, 1.82) is 0 Å². The fraction of sp³-hybridized carbons (Fsp3) is 0.438. The second kappa shape index (κ2) is 9.45. The minimum atomic E-state index is -0.496. The summed E-state index contributed by atoms with van der Waals surface area (Å²) in [5, 5.41) is 6.89. The third kappa shape index (κ3) is 6.37. The highest BCUT2D eigenvalue weighted by Crippen LogP contribution is 2.14. The van der Waals surface area contributed by atoms with E-state index in [1.165, 1.54) is 0 Å². The smallest absolute Gasteiger partial charge is 0.314 e. The van der Waals surface area contributed by atoms with Gasteiger partial charge in [-0.15, -0.1) is 0 Å². The SMILES string of the molecule is CCOC(=O)[C@@H](C)/C(C)=N\NC(=O)CNc1ccc(OC)cc1. The molecule has 0 spiro atoms. The van der Waals surface area contributed by atoms with Gasteiger partial charge < -0.3 is 14.8 Å². The van der Waals surface area contributed by atoms with Crippen molar-refractivity contribution in [3.8, 4) is 5.75 Å². The molecule has 0 aromatic heterocycles. The standard InChI is InChI=1S/C16H23N3O4/c1-5-23-16(21)11(2)12(3)18-19-15(20)10-17-13-6-8-14(22-4)9-7-13/h6-9,11,17H,5,10H2,1-4H3,(H,19,20)/b18-12-/t11-/m0/s1. The minimum absolute atomic E-state index is 0.0664. The zero-order chi connectivity index (χ0) is 17.2. The summed E-state index contributed by atoms with van der Waals surface area (Å²) in [6.07, 6.45) is 0. The number of nitrogens with one attached hydrogen (secondary N) is 2. The van der Waals surface area contributed by atoms with E-state index in [1.807, 2.05) is 12.1 Å². The molecule has 0 aliphatic heterocycles. The lowest BCUT2D eigenvalue weighted by Crippen LogP contribution is -2.29. The van der Waals surface area contributed by atoms with Crippen LogP contribution < -0.4 is 15.5 Å². The average molecular weight is 321 g/mol. The molecule has 126 valence electrons. The molecule has 0 fully saturated rings. The Morgan fingerprint density at radius 2 is 1.91 bits per heavy atom. The topological polar surface area (TPSA) is 89.0 Å². The maximum atomic E-state index is 11.7. The number of rotatable bonds is 8. The van der Waals surface area contributed by atoms with Gasteiger partial charge in [0.15, 0.2) is 0 Å². The largest absolute Gasteiger partial charge is 0.497 e. The first-order chi connectivity index (χ1) is 11.0. The monoisotopic (exact) mass is 321 g/mol. The van der Waals surface area contributed by atoms with Crippen LogP contribution in [0.1, 0.15) is 20.8 Å². The van der Waals surface area contributed by atoms with Crippen molar-refractivity contribution < 1.29 is 19.1 Å². The number of hydrogen-bond donors (Lipinski definition) is 2. The van der Waals surface area contributed by atoms with Crippen LogP contribution in [0.2, 0.25) is 0 Å². The first kappa shape index (κ1) is 18.5. The average Bonchev–Trinajstić information content (AvgIpc) is 2.57. The molecule has 7 nitrogen and oxygen atoms in total. The third-order valence-electron chi connectivity index (χ3n) is 3.17. The maximum absolute atomic E-state index is 11.7. The molecule has 1 amide bonds. The number of esters is 1. The van der Waals surface area contributed by atoms with E-state index in [0.29, 0.717) is 12.3 Å². The van der Waals surface area contributed by atoms with Crippen LogP contribution in [-0.2, 0) is 14.3 Å². The zero-order valence-corrected chi connectivity index (χ0v) is 13.9. The fourth-order valence-corrected chi connectivity index (χ4v) is 1.62. The number of hydrogen-bond acceptors (Lipinski definition) is 6. The van der Waals surface area contributed by atoms with Crippen LogP contribution in [0.25, 0.3) is 0 Å². The van der Waals surface area contributed by atoms with Crippen LogP contribution in [0.5, 0.6) is 5.75 Å². The van der Waals surface area contributed by atoms with Gasteiger partial charge in [-0.3, -0.25) is 9.59 Å².